The third-order valence-electron chi connectivity index (χ3n) is 3.39. The minimum Gasteiger partial charge on any atom is -0.497 e. The molecule has 7 heteroatoms. The van der Waals surface area contributed by atoms with Gasteiger partial charge in [-0.25, -0.2) is 4.98 Å². The van der Waals surface area contributed by atoms with Crippen LogP contribution < -0.4 is 14.9 Å². The summed E-state index contributed by atoms with van der Waals surface area (Å²) in [6.07, 6.45) is 1.62. The molecule has 1 aromatic carbocycles. The van der Waals surface area contributed by atoms with Crippen molar-refractivity contribution in [2.24, 2.45) is 5.10 Å². The van der Waals surface area contributed by atoms with Crippen LogP contribution in [0.4, 0.5) is 5.13 Å². The van der Waals surface area contributed by atoms with Crippen molar-refractivity contribution in [2.75, 3.05) is 19.6 Å². The lowest BCUT2D eigenvalue weighted by Crippen LogP contribution is -1.98. The summed E-state index contributed by atoms with van der Waals surface area (Å²) in [5.74, 6) is 2.17. The number of nitrogens with zero attached hydrogens (tertiary/aromatic N) is 2. The summed E-state index contributed by atoms with van der Waals surface area (Å²) >= 11 is 1.47. The Morgan fingerprint density at radius 1 is 1.25 bits per heavy atom. The van der Waals surface area contributed by atoms with Crippen LogP contribution in [0, 0.1) is 0 Å². The fourth-order valence-corrected chi connectivity index (χ4v) is 2.78. The minimum atomic E-state index is 0.689. The molecule has 3 aromatic rings. The molecule has 2 aromatic heterocycles. The number of furan rings is 1. The number of hydrogen-bond acceptors (Lipinski definition) is 7. The maximum Gasteiger partial charge on any atom is 0.203 e. The van der Waals surface area contributed by atoms with E-state index in [9.17, 15) is 0 Å². The van der Waals surface area contributed by atoms with Crippen molar-refractivity contribution in [3.05, 3.63) is 47.7 Å². The largest absolute Gasteiger partial charge is 0.497 e. The number of anilines is 1. The second-order valence-corrected chi connectivity index (χ2v) is 5.75. The van der Waals surface area contributed by atoms with Gasteiger partial charge < -0.3 is 13.9 Å². The summed E-state index contributed by atoms with van der Waals surface area (Å²) in [5.41, 5.74) is 5.41. The van der Waals surface area contributed by atoms with Crippen molar-refractivity contribution in [1.29, 1.82) is 0 Å². The van der Waals surface area contributed by atoms with Crippen LogP contribution in [0.1, 0.15) is 12.7 Å². The van der Waals surface area contributed by atoms with Crippen LogP contribution >= 0.6 is 11.3 Å². The predicted molar refractivity (Wildman–Crippen MR) is 95.2 cm³/mol. The molecule has 1 N–H and O–H groups in total. The summed E-state index contributed by atoms with van der Waals surface area (Å²) in [6, 6.07) is 9.32. The monoisotopic (exact) mass is 343 g/mol. The Bertz CT molecular complexity index is 841. The van der Waals surface area contributed by atoms with E-state index < -0.39 is 0 Å². The molecule has 3 rings (SSSR count). The Morgan fingerprint density at radius 2 is 2.12 bits per heavy atom. The second-order valence-electron chi connectivity index (χ2n) is 4.89. The van der Waals surface area contributed by atoms with E-state index in [1.165, 1.54) is 11.3 Å². The normalized spacial score (nSPS) is 11.4. The van der Waals surface area contributed by atoms with Crippen LogP contribution in [0.5, 0.6) is 11.5 Å². The molecular formula is C17H17N3O3S. The fourth-order valence-electron chi connectivity index (χ4n) is 2.13. The Balaban J connectivity index is 1.80. The molecular weight excluding hydrogens is 326 g/mol. The molecule has 0 unspecified atom stereocenters. The highest BCUT2D eigenvalue weighted by Crippen LogP contribution is 2.34. The van der Waals surface area contributed by atoms with E-state index in [1.54, 1.807) is 20.5 Å². The SMILES string of the molecule is COc1ccc(-c2csc(N/N=C(/C)c3ccco3)n2)c(OC)c1. The number of rotatable bonds is 6. The number of ether oxygens (including phenoxy) is 2. The van der Waals surface area contributed by atoms with E-state index in [4.69, 9.17) is 13.9 Å². The number of benzene rings is 1. The Kier molecular flexibility index (Phi) is 4.81. The van der Waals surface area contributed by atoms with Crippen LogP contribution in [-0.2, 0) is 0 Å². The molecule has 0 aliphatic carbocycles. The molecule has 2 heterocycles. The quantitative estimate of drug-likeness (QED) is 0.535. The van der Waals surface area contributed by atoms with Gasteiger partial charge in [0, 0.05) is 17.0 Å². The number of thiazole rings is 1. The number of hydrazone groups is 1. The topological polar surface area (TPSA) is 68.9 Å². The van der Waals surface area contributed by atoms with Gasteiger partial charge in [0.1, 0.15) is 23.0 Å². The zero-order chi connectivity index (χ0) is 16.9. The number of nitrogens with one attached hydrogen (secondary N) is 1. The van der Waals surface area contributed by atoms with Gasteiger partial charge in [-0.05, 0) is 31.2 Å². The van der Waals surface area contributed by atoms with Crippen LogP contribution in [0.2, 0.25) is 0 Å². The van der Waals surface area contributed by atoms with Crippen molar-refractivity contribution in [1.82, 2.24) is 4.98 Å². The summed E-state index contributed by atoms with van der Waals surface area (Å²) in [6.45, 7) is 1.87. The van der Waals surface area contributed by atoms with Gasteiger partial charge in [0.15, 0.2) is 0 Å². The highest BCUT2D eigenvalue weighted by molar-refractivity contribution is 7.14. The predicted octanol–water partition coefficient (Wildman–Crippen LogP) is 4.26. The van der Waals surface area contributed by atoms with Crippen LogP contribution in [-0.4, -0.2) is 24.9 Å². The lowest BCUT2D eigenvalue weighted by molar-refractivity contribution is 0.395. The lowest BCUT2D eigenvalue weighted by Gasteiger charge is -2.08. The summed E-state index contributed by atoms with van der Waals surface area (Å²) in [5, 5.41) is 6.92. The first-order valence-electron chi connectivity index (χ1n) is 7.23. The average molecular weight is 343 g/mol. The molecule has 24 heavy (non-hydrogen) atoms. The molecule has 0 aliphatic heterocycles. The van der Waals surface area contributed by atoms with Crippen molar-refractivity contribution >= 4 is 22.2 Å². The van der Waals surface area contributed by atoms with Crippen LogP contribution in [0.3, 0.4) is 0 Å². The Hall–Kier alpha value is -2.80. The zero-order valence-electron chi connectivity index (χ0n) is 13.6. The molecule has 0 atom stereocenters. The summed E-state index contributed by atoms with van der Waals surface area (Å²) in [4.78, 5) is 4.55. The van der Waals surface area contributed by atoms with Gasteiger partial charge in [0.05, 0.1) is 26.2 Å². The standard InChI is InChI=1S/C17H17N3O3S/c1-11(15-5-4-8-23-15)19-20-17-18-14(10-24-17)13-7-6-12(21-2)9-16(13)22-3/h4-10H,1-3H3,(H,18,20)/b19-11-. The maximum atomic E-state index is 5.42. The molecule has 6 nitrogen and oxygen atoms in total. The van der Waals surface area contributed by atoms with Crippen molar-refractivity contribution in [2.45, 2.75) is 6.92 Å². The first-order valence-corrected chi connectivity index (χ1v) is 8.11. The molecule has 124 valence electrons. The van der Waals surface area contributed by atoms with Crippen molar-refractivity contribution < 1.29 is 13.9 Å². The van der Waals surface area contributed by atoms with E-state index in [2.05, 4.69) is 15.5 Å². The number of methoxy groups -OCH3 is 2. The van der Waals surface area contributed by atoms with Gasteiger partial charge in [0.2, 0.25) is 5.13 Å². The molecule has 0 spiro atoms. The first-order chi connectivity index (χ1) is 11.7. The third kappa shape index (κ3) is 3.41. The van der Waals surface area contributed by atoms with Crippen molar-refractivity contribution in [3.8, 4) is 22.8 Å². The number of hydrogen-bond donors (Lipinski definition) is 1. The first kappa shape index (κ1) is 16.1. The van der Waals surface area contributed by atoms with E-state index in [0.29, 0.717) is 10.9 Å². The van der Waals surface area contributed by atoms with Gasteiger partial charge in [-0.1, -0.05) is 0 Å². The minimum absolute atomic E-state index is 0.689. The molecule has 0 bridgehead atoms. The van der Waals surface area contributed by atoms with Gasteiger partial charge in [-0.3, -0.25) is 5.43 Å². The van der Waals surface area contributed by atoms with Crippen LogP contribution in [0.25, 0.3) is 11.3 Å². The summed E-state index contributed by atoms with van der Waals surface area (Å²) < 4.78 is 15.9. The molecule has 0 saturated carbocycles. The zero-order valence-corrected chi connectivity index (χ0v) is 14.4. The molecule has 0 aliphatic rings. The van der Waals surface area contributed by atoms with E-state index in [0.717, 1.165) is 28.5 Å². The van der Waals surface area contributed by atoms with Crippen molar-refractivity contribution in [3.63, 3.8) is 0 Å². The Labute approximate surface area is 143 Å². The molecule has 0 amide bonds. The van der Waals surface area contributed by atoms with Gasteiger partial charge in [-0.15, -0.1) is 11.3 Å². The van der Waals surface area contributed by atoms with Gasteiger partial charge >= 0.3 is 0 Å². The highest BCUT2D eigenvalue weighted by atomic mass is 32.1. The van der Waals surface area contributed by atoms with E-state index in [1.807, 2.05) is 42.6 Å². The fraction of sp³-hybridized carbons (Fsp3) is 0.176. The number of aromatic nitrogens is 1. The van der Waals surface area contributed by atoms with E-state index in [-0.39, 0.29) is 0 Å². The maximum absolute atomic E-state index is 5.42. The highest BCUT2D eigenvalue weighted by Gasteiger charge is 2.11. The van der Waals surface area contributed by atoms with Gasteiger partial charge in [0.25, 0.3) is 0 Å². The molecule has 0 radical (unpaired) electrons. The third-order valence-corrected chi connectivity index (χ3v) is 4.13. The smallest absolute Gasteiger partial charge is 0.203 e. The van der Waals surface area contributed by atoms with Crippen LogP contribution in [0.15, 0.2) is 51.5 Å². The summed E-state index contributed by atoms with van der Waals surface area (Å²) in [7, 11) is 3.25. The lowest BCUT2D eigenvalue weighted by atomic mass is 10.1. The van der Waals surface area contributed by atoms with Gasteiger partial charge in [-0.2, -0.15) is 5.10 Å². The average Bonchev–Trinajstić information content (AvgIpc) is 3.30. The molecule has 0 fully saturated rings. The Morgan fingerprint density at radius 3 is 2.83 bits per heavy atom. The molecule has 0 saturated heterocycles. The van der Waals surface area contributed by atoms with E-state index >= 15 is 0 Å². The second kappa shape index (κ2) is 7.18.